The lowest BCUT2D eigenvalue weighted by atomic mass is 10.2. The number of fused-ring (bicyclic) bond motifs is 1. The fourth-order valence-corrected chi connectivity index (χ4v) is 2.32. The average Bonchev–Trinajstić information content (AvgIpc) is 2.53. The van der Waals surface area contributed by atoms with Crippen molar-refractivity contribution >= 4 is 22.5 Å². The highest BCUT2D eigenvalue weighted by Crippen LogP contribution is 2.16. The predicted octanol–water partition coefficient (Wildman–Crippen LogP) is 2.62. The van der Waals surface area contributed by atoms with Crippen LogP contribution in [0.15, 0.2) is 47.5 Å². The first-order valence-corrected chi connectivity index (χ1v) is 7.15. The molecule has 0 radical (unpaired) electrons. The summed E-state index contributed by atoms with van der Waals surface area (Å²) in [4.78, 5) is 28.4. The Morgan fingerprint density at radius 3 is 2.67 bits per heavy atom. The van der Waals surface area contributed by atoms with E-state index in [0.29, 0.717) is 11.3 Å². The lowest BCUT2D eigenvalue weighted by molar-refractivity contribution is -0.116. The van der Waals surface area contributed by atoms with Crippen molar-refractivity contribution < 1.29 is 13.6 Å². The molecule has 1 amide bonds. The van der Waals surface area contributed by atoms with E-state index in [1.54, 1.807) is 13.0 Å². The smallest absolute Gasteiger partial charge is 0.261 e. The summed E-state index contributed by atoms with van der Waals surface area (Å²) in [6.45, 7) is 1.45. The zero-order valence-electron chi connectivity index (χ0n) is 12.7. The summed E-state index contributed by atoms with van der Waals surface area (Å²) < 4.78 is 27.5. The number of nitrogens with zero attached hydrogens (tertiary/aromatic N) is 2. The molecule has 7 heteroatoms. The fraction of sp³-hybridized carbons (Fsp3) is 0.118. The summed E-state index contributed by atoms with van der Waals surface area (Å²) in [6, 6.07) is 7.68. The third kappa shape index (κ3) is 3.15. The van der Waals surface area contributed by atoms with Crippen LogP contribution in [0.1, 0.15) is 5.56 Å². The second-order valence-electron chi connectivity index (χ2n) is 5.35. The molecule has 0 unspecified atom stereocenters. The van der Waals surface area contributed by atoms with Crippen LogP contribution in [0.2, 0.25) is 0 Å². The van der Waals surface area contributed by atoms with Crippen LogP contribution in [-0.4, -0.2) is 15.5 Å². The second-order valence-corrected chi connectivity index (χ2v) is 5.35. The summed E-state index contributed by atoms with van der Waals surface area (Å²) in [7, 11) is 0. The van der Waals surface area contributed by atoms with Gasteiger partial charge in [0.25, 0.3) is 5.56 Å². The van der Waals surface area contributed by atoms with Crippen LogP contribution >= 0.6 is 0 Å². The van der Waals surface area contributed by atoms with Gasteiger partial charge in [-0.15, -0.1) is 0 Å². The summed E-state index contributed by atoms with van der Waals surface area (Å²) >= 11 is 0. The molecule has 5 nitrogen and oxygen atoms in total. The van der Waals surface area contributed by atoms with E-state index in [4.69, 9.17) is 0 Å². The molecule has 0 saturated heterocycles. The third-order valence-electron chi connectivity index (χ3n) is 3.57. The van der Waals surface area contributed by atoms with Crippen molar-refractivity contribution in [3.63, 3.8) is 0 Å². The molecule has 1 aromatic heterocycles. The monoisotopic (exact) mass is 329 g/mol. The minimum atomic E-state index is -0.494. The van der Waals surface area contributed by atoms with Crippen LogP contribution in [0, 0.1) is 18.6 Å². The number of amides is 1. The predicted molar refractivity (Wildman–Crippen MR) is 85.7 cm³/mol. The first kappa shape index (κ1) is 15.8. The van der Waals surface area contributed by atoms with Crippen molar-refractivity contribution in [2.45, 2.75) is 13.5 Å². The summed E-state index contributed by atoms with van der Waals surface area (Å²) in [5, 5.41) is 2.77. The Morgan fingerprint density at radius 1 is 1.17 bits per heavy atom. The molecule has 0 aliphatic rings. The molecule has 2 aromatic carbocycles. The van der Waals surface area contributed by atoms with E-state index in [0.717, 1.165) is 16.7 Å². The SMILES string of the molecule is Cc1ccc(F)cc1NC(=O)Cn1cnc2cc(F)ccc2c1=O. The lowest BCUT2D eigenvalue weighted by Crippen LogP contribution is -2.28. The van der Waals surface area contributed by atoms with Gasteiger partial charge in [-0.05, 0) is 36.8 Å². The number of halogens is 2. The molecule has 1 N–H and O–H groups in total. The van der Waals surface area contributed by atoms with E-state index in [1.165, 1.54) is 24.5 Å². The third-order valence-corrected chi connectivity index (χ3v) is 3.57. The summed E-state index contributed by atoms with van der Waals surface area (Å²) in [5.41, 5.74) is 0.803. The van der Waals surface area contributed by atoms with Crippen LogP contribution in [0.3, 0.4) is 0 Å². The second kappa shape index (κ2) is 6.19. The number of carbonyl (C=O) groups excluding carboxylic acids is 1. The minimum Gasteiger partial charge on any atom is -0.324 e. The van der Waals surface area contributed by atoms with Gasteiger partial charge in [-0.1, -0.05) is 6.07 Å². The molecule has 3 aromatic rings. The molecule has 122 valence electrons. The number of aromatic nitrogens is 2. The Kier molecular flexibility index (Phi) is 4.07. The molecular formula is C17H13F2N3O2. The highest BCUT2D eigenvalue weighted by molar-refractivity contribution is 5.91. The van der Waals surface area contributed by atoms with Gasteiger partial charge in [0.2, 0.25) is 5.91 Å². The average molecular weight is 329 g/mol. The molecular weight excluding hydrogens is 316 g/mol. The summed E-state index contributed by atoms with van der Waals surface area (Å²) in [6.07, 6.45) is 1.18. The zero-order valence-corrected chi connectivity index (χ0v) is 12.7. The van der Waals surface area contributed by atoms with E-state index in [2.05, 4.69) is 10.3 Å². The van der Waals surface area contributed by atoms with Crippen molar-refractivity contribution in [2.24, 2.45) is 0 Å². The van der Waals surface area contributed by atoms with Crippen LogP contribution in [-0.2, 0) is 11.3 Å². The highest BCUT2D eigenvalue weighted by Gasteiger charge is 2.10. The van der Waals surface area contributed by atoms with Gasteiger partial charge in [-0.2, -0.15) is 0 Å². The Bertz CT molecular complexity index is 999. The first-order valence-electron chi connectivity index (χ1n) is 7.15. The molecule has 0 aliphatic heterocycles. The van der Waals surface area contributed by atoms with Gasteiger partial charge in [-0.3, -0.25) is 14.2 Å². The maximum absolute atomic E-state index is 13.2. The van der Waals surface area contributed by atoms with E-state index in [1.807, 2.05) is 0 Å². The Hall–Kier alpha value is -3.09. The Balaban J connectivity index is 1.85. The van der Waals surface area contributed by atoms with Crippen LogP contribution in [0.4, 0.5) is 14.5 Å². The normalized spacial score (nSPS) is 10.8. The van der Waals surface area contributed by atoms with E-state index >= 15 is 0 Å². The number of carbonyl (C=O) groups is 1. The number of hydrogen-bond acceptors (Lipinski definition) is 3. The van der Waals surface area contributed by atoms with E-state index in [-0.39, 0.29) is 17.4 Å². The van der Waals surface area contributed by atoms with Crippen LogP contribution in [0.25, 0.3) is 10.9 Å². The van der Waals surface area contributed by atoms with E-state index in [9.17, 15) is 18.4 Å². The number of nitrogens with one attached hydrogen (secondary N) is 1. The van der Waals surface area contributed by atoms with E-state index < -0.39 is 23.1 Å². The maximum Gasteiger partial charge on any atom is 0.261 e. The number of aryl methyl sites for hydroxylation is 1. The molecule has 1 heterocycles. The number of anilines is 1. The van der Waals surface area contributed by atoms with Crippen LogP contribution in [0.5, 0.6) is 0 Å². The molecule has 0 saturated carbocycles. The highest BCUT2D eigenvalue weighted by atomic mass is 19.1. The largest absolute Gasteiger partial charge is 0.324 e. The van der Waals surface area contributed by atoms with Crippen LogP contribution < -0.4 is 10.9 Å². The fourth-order valence-electron chi connectivity index (χ4n) is 2.32. The Morgan fingerprint density at radius 2 is 1.88 bits per heavy atom. The molecule has 0 spiro atoms. The molecule has 0 fully saturated rings. The van der Waals surface area contributed by atoms with Crippen molar-refractivity contribution in [1.82, 2.24) is 9.55 Å². The van der Waals surface area contributed by atoms with Gasteiger partial charge in [0.1, 0.15) is 18.2 Å². The van der Waals surface area contributed by atoms with Crippen molar-refractivity contribution in [3.05, 3.63) is 70.3 Å². The molecule has 3 rings (SSSR count). The van der Waals surface area contributed by atoms with Crippen molar-refractivity contribution in [1.29, 1.82) is 0 Å². The van der Waals surface area contributed by atoms with Gasteiger partial charge in [0.05, 0.1) is 17.2 Å². The molecule has 0 bridgehead atoms. The Labute approximate surface area is 135 Å². The number of benzene rings is 2. The molecule has 0 atom stereocenters. The number of rotatable bonds is 3. The van der Waals surface area contributed by atoms with Crippen molar-refractivity contribution in [2.75, 3.05) is 5.32 Å². The van der Waals surface area contributed by atoms with Gasteiger partial charge >= 0.3 is 0 Å². The molecule has 24 heavy (non-hydrogen) atoms. The van der Waals surface area contributed by atoms with Crippen molar-refractivity contribution in [3.8, 4) is 0 Å². The quantitative estimate of drug-likeness (QED) is 0.803. The topological polar surface area (TPSA) is 64.0 Å². The standard InChI is InChI=1S/C17H13F2N3O2/c1-10-2-3-11(18)6-14(10)21-16(23)8-22-9-20-15-7-12(19)4-5-13(15)17(22)24/h2-7,9H,8H2,1H3,(H,21,23). The molecule has 0 aliphatic carbocycles. The summed E-state index contributed by atoms with van der Waals surface area (Å²) in [5.74, 6) is -1.46. The first-order chi connectivity index (χ1) is 11.4. The van der Waals surface area contributed by atoms with Gasteiger partial charge in [0, 0.05) is 11.8 Å². The maximum atomic E-state index is 13.2. The zero-order chi connectivity index (χ0) is 17.3. The minimum absolute atomic E-state index is 0.216. The van der Waals surface area contributed by atoms with Gasteiger partial charge < -0.3 is 5.32 Å². The number of hydrogen-bond donors (Lipinski definition) is 1. The van der Waals surface area contributed by atoms with Gasteiger partial charge in [0.15, 0.2) is 0 Å². The lowest BCUT2D eigenvalue weighted by Gasteiger charge is -2.10. The van der Waals surface area contributed by atoms with Gasteiger partial charge in [-0.25, -0.2) is 13.8 Å².